The van der Waals surface area contributed by atoms with E-state index in [1.165, 1.54) is 18.6 Å². The van der Waals surface area contributed by atoms with Crippen LogP contribution in [0.3, 0.4) is 0 Å². The predicted molar refractivity (Wildman–Crippen MR) is 101 cm³/mol. The summed E-state index contributed by atoms with van der Waals surface area (Å²) in [5.41, 5.74) is 3.34. The third kappa shape index (κ3) is 3.20. The Kier molecular flexibility index (Phi) is 4.22. The molecule has 0 radical (unpaired) electrons. The van der Waals surface area contributed by atoms with Crippen LogP contribution in [0.4, 0.5) is 5.69 Å². The monoisotopic (exact) mass is 357 g/mol. The Labute approximate surface area is 155 Å². The van der Waals surface area contributed by atoms with E-state index >= 15 is 0 Å². The Bertz CT molecular complexity index is 1050. The average Bonchev–Trinajstić information content (AvgIpc) is 2.72. The number of ketones is 2. The van der Waals surface area contributed by atoms with Crippen LogP contribution in [-0.2, 0) is 0 Å². The molecule has 1 aliphatic rings. The molecule has 0 saturated carbocycles. The number of carbonyl (C=O) groups is 2. The number of aromatic nitrogens is 2. The number of hydrogen-bond donors (Lipinski definition) is 1. The van der Waals surface area contributed by atoms with Gasteiger partial charge in [0.05, 0.1) is 18.4 Å². The third-order valence-corrected chi connectivity index (χ3v) is 4.30. The highest BCUT2D eigenvalue weighted by molar-refractivity contribution is 6.24. The molecule has 6 nitrogen and oxygen atoms in total. The Hall–Kier alpha value is -3.80. The number of anilines is 1. The van der Waals surface area contributed by atoms with E-state index in [0.29, 0.717) is 5.69 Å². The standard InChI is InChI=1S/C21H15N3O3/c1-27-16-8-4-14(5-9-16)13-2-6-15(7-3-13)24-18-10-19(25)20-17(21(18)26)11-22-12-23-20/h2-12,24H,1H3. The molecule has 0 fully saturated rings. The van der Waals surface area contributed by atoms with Crippen molar-refractivity contribution in [3.05, 3.63) is 84.1 Å². The zero-order valence-corrected chi connectivity index (χ0v) is 14.5. The summed E-state index contributed by atoms with van der Waals surface area (Å²) in [6.07, 6.45) is 3.90. The summed E-state index contributed by atoms with van der Waals surface area (Å²) in [6.45, 7) is 0. The van der Waals surface area contributed by atoms with Crippen molar-refractivity contribution in [2.45, 2.75) is 0 Å². The van der Waals surface area contributed by atoms with Crippen molar-refractivity contribution >= 4 is 17.3 Å². The molecule has 0 saturated heterocycles. The van der Waals surface area contributed by atoms with E-state index in [9.17, 15) is 9.59 Å². The number of allylic oxidation sites excluding steroid dienone is 2. The first-order valence-electron chi connectivity index (χ1n) is 8.28. The van der Waals surface area contributed by atoms with Gasteiger partial charge in [-0.1, -0.05) is 24.3 Å². The van der Waals surface area contributed by atoms with Gasteiger partial charge in [-0.15, -0.1) is 0 Å². The molecule has 3 aromatic rings. The fourth-order valence-electron chi connectivity index (χ4n) is 2.88. The topological polar surface area (TPSA) is 81.2 Å². The second kappa shape index (κ2) is 6.84. The van der Waals surface area contributed by atoms with Gasteiger partial charge in [-0.3, -0.25) is 9.59 Å². The van der Waals surface area contributed by atoms with Crippen molar-refractivity contribution < 1.29 is 14.3 Å². The number of nitrogens with zero attached hydrogens (tertiary/aromatic N) is 2. The van der Waals surface area contributed by atoms with E-state index in [1.807, 2.05) is 48.5 Å². The number of nitrogens with one attached hydrogen (secondary N) is 1. The van der Waals surface area contributed by atoms with Gasteiger partial charge in [0.1, 0.15) is 17.8 Å². The van der Waals surface area contributed by atoms with E-state index in [4.69, 9.17) is 4.74 Å². The van der Waals surface area contributed by atoms with Crippen molar-refractivity contribution in [3.8, 4) is 16.9 Å². The van der Waals surface area contributed by atoms with Crippen LogP contribution in [0.25, 0.3) is 11.1 Å². The molecule has 1 aliphatic carbocycles. The van der Waals surface area contributed by atoms with E-state index in [0.717, 1.165) is 16.9 Å². The first-order chi connectivity index (χ1) is 13.2. The SMILES string of the molecule is COc1ccc(-c2ccc(NC3=CC(=O)c4ncncc4C3=O)cc2)cc1. The highest BCUT2D eigenvalue weighted by Crippen LogP contribution is 2.25. The first-order valence-corrected chi connectivity index (χ1v) is 8.28. The van der Waals surface area contributed by atoms with Gasteiger partial charge in [0, 0.05) is 18.0 Å². The Morgan fingerprint density at radius 3 is 2.26 bits per heavy atom. The number of methoxy groups -OCH3 is 1. The summed E-state index contributed by atoms with van der Waals surface area (Å²) < 4.78 is 5.17. The zero-order valence-electron chi connectivity index (χ0n) is 14.5. The maximum absolute atomic E-state index is 12.5. The van der Waals surface area contributed by atoms with Gasteiger partial charge in [-0.2, -0.15) is 0 Å². The van der Waals surface area contributed by atoms with Gasteiger partial charge < -0.3 is 10.1 Å². The summed E-state index contributed by atoms with van der Waals surface area (Å²) in [5, 5.41) is 3.01. The second-order valence-corrected chi connectivity index (χ2v) is 5.97. The maximum Gasteiger partial charge on any atom is 0.213 e. The molecule has 1 heterocycles. The molecule has 6 heteroatoms. The van der Waals surface area contributed by atoms with E-state index in [-0.39, 0.29) is 28.5 Å². The molecule has 132 valence electrons. The van der Waals surface area contributed by atoms with Crippen LogP contribution >= 0.6 is 0 Å². The lowest BCUT2D eigenvalue weighted by Crippen LogP contribution is -2.22. The van der Waals surface area contributed by atoms with Crippen LogP contribution in [0, 0.1) is 0 Å². The van der Waals surface area contributed by atoms with Crippen LogP contribution in [0.15, 0.2) is 72.8 Å². The molecular formula is C21H15N3O3. The summed E-state index contributed by atoms with van der Waals surface area (Å²) >= 11 is 0. The molecular weight excluding hydrogens is 342 g/mol. The highest BCUT2D eigenvalue weighted by Gasteiger charge is 2.27. The minimum atomic E-state index is -0.315. The molecule has 0 bridgehead atoms. The minimum absolute atomic E-state index is 0.135. The lowest BCUT2D eigenvalue weighted by Gasteiger charge is -2.15. The number of fused-ring (bicyclic) bond motifs is 1. The van der Waals surface area contributed by atoms with Gasteiger partial charge in [0.2, 0.25) is 11.6 Å². The summed E-state index contributed by atoms with van der Waals surface area (Å²) in [5.74, 6) is 0.183. The average molecular weight is 357 g/mol. The lowest BCUT2D eigenvalue weighted by atomic mass is 9.98. The van der Waals surface area contributed by atoms with Crippen molar-refractivity contribution in [2.24, 2.45) is 0 Å². The minimum Gasteiger partial charge on any atom is -0.497 e. The predicted octanol–water partition coefficient (Wildman–Crippen LogP) is 3.53. The molecule has 27 heavy (non-hydrogen) atoms. The number of hydrogen-bond acceptors (Lipinski definition) is 6. The first kappa shape index (κ1) is 16.7. The van der Waals surface area contributed by atoms with Crippen molar-refractivity contribution in [1.82, 2.24) is 9.97 Å². The number of benzene rings is 2. The van der Waals surface area contributed by atoms with E-state index in [1.54, 1.807) is 7.11 Å². The molecule has 2 aromatic carbocycles. The van der Waals surface area contributed by atoms with Gasteiger partial charge in [-0.05, 0) is 35.4 Å². The highest BCUT2D eigenvalue weighted by atomic mass is 16.5. The second-order valence-electron chi connectivity index (χ2n) is 5.97. The van der Waals surface area contributed by atoms with Gasteiger partial charge in [0.15, 0.2) is 0 Å². The van der Waals surface area contributed by atoms with Crippen LogP contribution in [0.5, 0.6) is 5.75 Å². The number of ether oxygens (including phenoxy) is 1. The normalized spacial score (nSPS) is 13.0. The summed E-state index contributed by atoms with van der Waals surface area (Å²) in [7, 11) is 1.63. The van der Waals surface area contributed by atoms with Crippen LogP contribution in [0.1, 0.15) is 20.8 Å². The maximum atomic E-state index is 12.5. The molecule has 1 N–H and O–H groups in total. The van der Waals surface area contributed by atoms with Crippen LogP contribution < -0.4 is 10.1 Å². The van der Waals surface area contributed by atoms with Crippen molar-refractivity contribution in [1.29, 1.82) is 0 Å². The van der Waals surface area contributed by atoms with E-state index in [2.05, 4.69) is 15.3 Å². The van der Waals surface area contributed by atoms with Crippen molar-refractivity contribution in [3.63, 3.8) is 0 Å². The Morgan fingerprint density at radius 1 is 0.926 bits per heavy atom. The molecule has 0 spiro atoms. The molecule has 0 aliphatic heterocycles. The quantitative estimate of drug-likeness (QED) is 0.769. The largest absolute Gasteiger partial charge is 0.497 e. The lowest BCUT2D eigenvalue weighted by molar-refractivity contribution is 0.0981. The van der Waals surface area contributed by atoms with Crippen LogP contribution in [0.2, 0.25) is 0 Å². The summed E-state index contributed by atoms with van der Waals surface area (Å²) in [6, 6.07) is 15.3. The number of carbonyl (C=O) groups excluding carboxylic acids is 2. The molecule has 4 rings (SSSR count). The van der Waals surface area contributed by atoms with Crippen molar-refractivity contribution in [2.75, 3.05) is 12.4 Å². The smallest absolute Gasteiger partial charge is 0.213 e. The molecule has 0 atom stereocenters. The molecule has 0 unspecified atom stereocenters. The van der Waals surface area contributed by atoms with Crippen LogP contribution in [-0.4, -0.2) is 28.6 Å². The zero-order chi connectivity index (χ0) is 18.8. The number of Topliss-reactive ketones (excluding diaryl/α,β-unsaturated/α-hetero) is 1. The Balaban J connectivity index is 1.55. The van der Waals surface area contributed by atoms with Gasteiger partial charge in [-0.25, -0.2) is 9.97 Å². The van der Waals surface area contributed by atoms with Gasteiger partial charge in [0.25, 0.3) is 0 Å². The van der Waals surface area contributed by atoms with E-state index < -0.39 is 0 Å². The third-order valence-electron chi connectivity index (χ3n) is 4.30. The molecule has 1 aromatic heterocycles. The number of rotatable bonds is 4. The summed E-state index contributed by atoms with van der Waals surface area (Å²) in [4.78, 5) is 32.4. The fraction of sp³-hybridized carbons (Fsp3) is 0.0476. The fourth-order valence-corrected chi connectivity index (χ4v) is 2.88. The Morgan fingerprint density at radius 2 is 1.59 bits per heavy atom. The van der Waals surface area contributed by atoms with Gasteiger partial charge >= 0.3 is 0 Å². The molecule has 0 amide bonds.